The van der Waals surface area contributed by atoms with Crippen molar-refractivity contribution in [3.05, 3.63) is 66.0 Å². The molecule has 1 N–H and O–H groups in total. The van der Waals surface area contributed by atoms with Crippen molar-refractivity contribution in [2.24, 2.45) is 0 Å². The molecule has 23 heavy (non-hydrogen) atoms. The minimum absolute atomic E-state index is 0.102. The number of carbonyl (C=O) groups excluding carboxylic acids is 1. The molecular weight excluding hydrogens is 291 g/mol. The summed E-state index contributed by atoms with van der Waals surface area (Å²) in [6.45, 7) is 5.71. The first kappa shape index (κ1) is 17.2. The number of rotatable bonds is 7. The SMILES string of the molecule is CC(C)N(CCC(=O)Nc1cccc(F)c1)Cc1ccccc1. The van der Waals surface area contributed by atoms with Crippen molar-refractivity contribution in [3.63, 3.8) is 0 Å². The van der Waals surface area contributed by atoms with E-state index in [2.05, 4.69) is 36.2 Å². The first-order valence-corrected chi connectivity index (χ1v) is 7.88. The molecule has 0 spiro atoms. The third-order valence-corrected chi connectivity index (χ3v) is 3.69. The molecule has 4 heteroatoms. The standard InChI is InChI=1S/C19H23FN2O/c1-15(2)22(14-16-7-4-3-5-8-16)12-11-19(23)21-18-10-6-9-17(20)13-18/h3-10,13,15H,11-12,14H2,1-2H3,(H,21,23). The molecule has 0 aliphatic carbocycles. The second-order valence-electron chi connectivity index (χ2n) is 5.86. The predicted molar refractivity (Wildman–Crippen MR) is 91.6 cm³/mol. The Kier molecular flexibility index (Phi) is 6.29. The van der Waals surface area contributed by atoms with Crippen LogP contribution in [0, 0.1) is 5.82 Å². The Morgan fingerprint density at radius 2 is 1.87 bits per heavy atom. The molecule has 0 saturated heterocycles. The van der Waals surface area contributed by atoms with Crippen LogP contribution in [0.5, 0.6) is 0 Å². The number of nitrogens with one attached hydrogen (secondary N) is 1. The Morgan fingerprint density at radius 1 is 1.13 bits per heavy atom. The maximum atomic E-state index is 13.1. The molecule has 2 aromatic carbocycles. The highest BCUT2D eigenvalue weighted by molar-refractivity contribution is 5.90. The summed E-state index contributed by atoms with van der Waals surface area (Å²) in [6, 6.07) is 16.5. The van der Waals surface area contributed by atoms with Gasteiger partial charge in [-0.2, -0.15) is 0 Å². The smallest absolute Gasteiger partial charge is 0.225 e. The molecular formula is C19H23FN2O. The maximum absolute atomic E-state index is 13.1. The lowest BCUT2D eigenvalue weighted by Crippen LogP contribution is -2.33. The highest BCUT2D eigenvalue weighted by atomic mass is 19.1. The van der Waals surface area contributed by atoms with Crippen molar-refractivity contribution in [1.82, 2.24) is 4.90 Å². The van der Waals surface area contributed by atoms with Crippen LogP contribution in [0.25, 0.3) is 0 Å². The summed E-state index contributed by atoms with van der Waals surface area (Å²) in [5.74, 6) is -0.454. The summed E-state index contributed by atoms with van der Waals surface area (Å²) >= 11 is 0. The Balaban J connectivity index is 1.87. The van der Waals surface area contributed by atoms with E-state index in [4.69, 9.17) is 0 Å². The van der Waals surface area contributed by atoms with E-state index in [9.17, 15) is 9.18 Å². The zero-order chi connectivity index (χ0) is 16.7. The quantitative estimate of drug-likeness (QED) is 0.835. The molecule has 0 aliphatic heterocycles. The molecule has 2 rings (SSSR count). The first-order valence-electron chi connectivity index (χ1n) is 7.88. The van der Waals surface area contributed by atoms with Crippen LogP contribution in [-0.4, -0.2) is 23.4 Å². The average Bonchev–Trinajstić information content (AvgIpc) is 2.52. The number of anilines is 1. The van der Waals surface area contributed by atoms with Crippen LogP contribution in [0.4, 0.5) is 10.1 Å². The van der Waals surface area contributed by atoms with Crippen molar-refractivity contribution in [2.45, 2.75) is 32.9 Å². The third-order valence-electron chi connectivity index (χ3n) is 3.69. The minimum Gasteiger partial charge on any atom is -0.326 e. The van der Waals surface area contributed by atoms with E-state index in [1.54, 1.807) is 12.1 Å². The Bertz CT molecular complexity index is 628. The van der Waals surface area contributed by atoms with Gasteiger partial charge in [0.15, 0.2) is 0 Å². The lowest BCUT2D eigenvalue weighted by atomic mass is 10.2. The molecule has 0 aromatic heterocycles. The van der Waals surface area contributed by atoms with E-state index in [0.717, 1.165) is 6.54 Å². The molecule has 3 nitrogen and oxygen atoms in total. The van der Waals surface area contributed by atoms with Crippen LogP contribution >= 0.6 is 0 Å². The van der Waals surface area contributed by atoms with Gasteiger partial charge in [-0.15, -0.1) is 0 Å². The Morgan fingerprint density at radius 3 is 2.52 bits per heavy atom. The van der Waals surface area contributed by atoms with Crippen LogP contribution in [0.2, 0.25) is 0 Å². The van der Waals surface area contributed by atoms with Gasteiger partial charge in [0.25, 0.3) is 0 Å². The molecule has 0 heterocycles. The molecule has 2 aromatic rings. The van der Waals surface area contributed by atoms with Crippen LogP contribution < -0.4 is 5.32 Å². The van der Waals surface area contributed by atoms with E-state index in [-0.39, 0.29) is 11.7 Å². The number of amides is 1. The van der Waals surface area contributed by atoms with Gasteiger partial charge >= 0.3 is 0 Å². The summed E-state index contributed by atoms with van der Waals surface area (Å²) < 4.78 is 13.1. The van der Waals surface area contributed by atoms with E-state index in [1.165, 1.54) is 17.7 Å². The minimum atomic E-state index is -0.351. The van der Waals surface area contributed by atoms with E-state index in [1.807, 2.05) is 18.2 Å². The summed E-state index contributed by atoms with van der Waals surface area (Å²) in [5, 5.41) is 2.74. The lowest BCUT2D eigenvalue weighted by Gasteiger charge is -2.26. The van der Waals surface area contributed by atoms with E-state index < -0.39 is 0 Å². The van der Waals surface area contributed by atoms with Crippen LogP contribution in [-0.2, 0) is 11.3 Å². The summed E-state index contributed by atoms with van der Waals surface area (Å²) in [5.41, 5.74) is 1.72. The fourth-order valence-corrected chi connectivity index (χ4v) is 2.37. The zero-order valence-electron chi connectivity index (χ0n) is 13.6. The van der Waals surface area contributed by atoms with Crippen LogP contribution in [0.15, 0.2) is 54.6 Å². The molecule has 0 unspecified atom stereocenters. The molecule has 0 fully saturated rings. The predicted octanol–water partition coefficient (Wildman–Crippen LogP) is 4.06. The maximum Gasteiger partial charge on any atom is 0.225 e. The number of carbonyl (C=O) groups is 1. The van der Waals surface area contributed by atoms with Gasteiger partial charge in [-0.25, -0.2) is 4.39 Å². The van der Waals surface area contributed by atoms with E-state index >= 15 is 0 Å². The molecule has 122 valence electrons. The second-order valence-corrected chi connectivity index (χ2v) is 5.86. The van der Waals surface area contributed by atoms with Crippen molar-refractivity contribution < 1.29 is 9.18 Å². The Labute approximate surface area is 137 Å². The van der Waals surface area contributed by atoms with Gasteiger partial charge in [0.2, 0.25) is 5.91 Å². The number of nitrogens with zero attached hydrogens (tertiary/aromatic N) is 1. The van der Waals surface area contributed by atoms with Crippen molar-refractivity contribution in [3.8, 4) is 0 Å². The van der Waals surface area contributed by atoms with Gasteiger partial charge in [-0.1, -0.05) is 36.4 Å². The topological polar surface area (TPSA) is 32.3 Å². The normalized spacial score (nSPS) is 11.0. The third kappa shape index (κ3) is 5.83. The monoisotopic (exact) mass is 314 g/mol. The second kappa shape index (κ2) is 8.44. The molecule has 1 amide bonds. The molecule has 0 radical (unpaired) electrons. The number of hydrogen-bond donors (Lipinski definition) is 1. The number of benzene rings is 2. The molecule has 0 atom stereocenters. The van der Waals surface area contributed by atoms with Crippen molar-refractivity contribution in [1.29, 1.82) is 0 Å². The van der Waals surface area contributed by atoms with Crippen molar-refractivity contribution in [2.75, 3.05) is 11.9 Å². The van der Waals surface area contributed by atoms with Gasteiger partial charge in [-0.05, 0) is 37.6 Å². The summed E-state index contributed by atoms with van der Waals surface area (Å²) in [7, 11) is 0. The largest absolute Gasteiger partial charge is 0.326 e. The molecule has 0 aliphatic rings. The van der Waals surface area contributed by atoms with Crippen molar-refractivity contribution >= 4 is 11.6 Å². The first-order chi connectivity index (χ1) is 11.0. The number of halogens is 1. The fourth-order valence-electron chi connectivity index (χ4n) is 2.37. The van der Waals surface area contributed by atoms with Crippen LogP contribution in [0.1, 0.15) is 25.8 Å². The summed E-state index contributed by atoms with van der Waals surface area (Å²) in [4.78, 5) is 14.3. The molecule has 0 bridgehead atoms. The Hall–Kier alpha value is -2.20. The zero-order valence-corrected chi connectivity index (χ0v) is 13.6. The average molecular weight is 314 g/mol. The van der Waals surface area contributed by atoms with Gasteiger partial charge in [0.05, 0.1) is 0 Å². The van der Waals surface area contributed by atoms with E-state index in [0.29, 0.717) is 24.7 Å². The molecule has 0 saturated carbocycles. The van der Waals surface area contributed by atoms with Gasteiger partial charge in [-0.3, -0.25) is 9.69 Å². The lowest BCUT2D eigenvalue weighted by molar-refractivity contribution is -0.116. The van der Waals surface area contributed by atoms with Gasteiger partial charge in [0.1, 0.15) is 5.82 Å². The fraction of sp³-hybridized carbons (Fsp3) is 0.316. The van der Waals surface area contributed by atoms with Gasteiger partial charge < -0.3 is 5.32 Å². The van der Waals surface area contributed by atoms with Gasteiger partial charge in [0, 0.05) is 31.2 Å². The van der Waals surface area contributed by atoms with Crippen LogP contribution in [0.3, 0.4) is 0 Å². The highest BCUT2D eigenvalue weighted by Crippen LogP contribution is 2.11. The number of hydrogen-bond acceptors (Lipinski definition) is 2. The summed E-state index contributed by atoms with van der Waals surface area (Å²) in [6.07, 6.45) is 0.377. The highest BCUT2D eigenvalue weighted by Gasteiger charge is 2.12.